The van der Waals surface area contributed by atoms with E-state index in [9.17, 15) is 14.7 Å². The monoisotopic (exact) mass is 437 g/mol. The molecule has 0 aliphatic carbocycles. The van der Waals surface area contributed by atoms with Crippen molar-refractivity contribution in [2.45, 2.75) is 45.7 Å². The van der Waals surface area contributed by atoms with Crippen LogP contribution in [0.5, 0.6) is 17.2 Å². The number of hydrogen-bond acceptors (Lipinski definition) is 7. The molecule has 1 N–H and O–H groups in total. The second-order valence-electron chi connectivity index (χ2n) is 8.19. The van der Waals surface area contributed by atoms with Crippen LogP contribution in [0.25, 0.3) is 11.0 Å². The maximum Gasteiger partial charge on any atom is 0.337 e. The SMILES string of the molecule is COC(=O)c1ccc(Oc2c(C)oc3c(CN4CCCCC4C)c(O)ccc3c2=O)cc1. The van der Waals surface area contributed by atoms with Crippen molar-refractivity contribution in [3.05, 3.63) is 63.5 Å². The van der Waals surface area contributed by atoms with E-state index in [1.807, 2.05) is 0 Å². The van der Waals surface area contributed by atoms with Gasteiger partial charge in [0.05, 0.1) is 23.6 Å². The molecule has 1 fully saturated rings. The summed E-state index contributed by atoms with van der Waals surface area (Å²) in [6.45, 7) is 5.31. The van der Waals surface area contributed by atoms with Crippen LogP contribution in [0, 0.1) is 6.92 Å². The van der Waals surface area contributed by atoms with Crippen LogP contribution in [0.1, 0.15) is 47.9 Å². The van der Waals surface area contributed by atoms with Crippen molar-refractivity contribution >= 4 is 16.9 Å². The molecule has 1 unspecified atom stereocenters. The fraction of sp³-hybridized carbons (Fsp3) is 0.360. The van der Waals surface area contributed by atoms with Gasteiger partial charge in [0, 0.05) is 12.6 Å². The number of hydrogen-bond donors (Lipinski definition) is 1. The van der Waals surface area contributed by atoms with Crippen molar-refractivity contribution in [1.29, 1.82) is 0 Å². The molecule has 1 saturated heterocycles. The van der Waals surface area contributed by atoms with E-state index < -0.39 is 5.97 Å². The van der Waals surface area contributed by atoms with Crippen molar-refractivity contribution < 1.29 is 23.8 Å². The molecule has 0 amide bonds. The first-order chi connectivity index (χ1) is 15.4. The summed E-state index contributed by atoms with van der Waals surface area (Å²) in [6, 6.07) is 9.82. The number of methoxy groups -OCH3 is 1. The average molecular weight is 437 g/mol. The van der Waals surface area contributed by atoms with E-state index in [0.717, 1.165) is 19.4 Å². The van der Waals surface area contributed by atoms with Crippen LogP contribution in [0.3, 0.4) is 0 Å². The van der Waals surface area contributed by atoms with Crippen LogP contribution in [0.15, 0.2) is 45.6 Å². The molecule has 2 heterocycles. The molecular formula is C25H27NO6. The number of aromatic hydroxyl groups is 1. The number of esters is 1. The van der Waals surface area contributed by atoms with Crippen molar-refractivity contribution in [2.24, 2.45) is 0 Å². The Labute approximate surface area is 186 Å². The summed E-state index contributed by atoms with van der Waals surface area (Å²) < 4.78 is 16.5. The van der Waals surface area contributed by atoms with E-state index in [4.69, 9.17) is 13.9 Å². The zero-order chi connectivity index (χ0) is 22.8. The van der Waals surface area contributed by atoms with Gasteiger partial charge in [-0.05, 0) is 69.6 Å². The molecule has 4 rings (SSSR count). The number of nitrogens with zero attached hydrogens (tertiary/aromatic N) is 1. The summed E-state index contributed by atoms with van der Waals surface area (Å²) in [4.78, 5) is 27.2. The van der Waals surface area contributed by atoms with Gasteiger partial charge in [-0.15, -0.1) is 0 Å². The van der Waals surface area contributed by atoms with E-state index in [2.05, 4.69) is 11.8 Å². The number of likely N-dealkylation sites (tertiary alicyclic amines) is 1. The van der Waals surface area contributed by atoms with Crippen LogP contribution in [0.4, 0.5) is 0 Å². The number of fused-ring (bicyclic) bond motifs is 1. The Hall–Kier alpha value is -3.32. The molecule has 1 aliphatic heterocycles. The van der Waals surface area contributed by atoms with Gasteiger partial charge in [-0.2, -0.15) is 0 Å². The Morgan fingerprint density at radius 2 is 1.94 bits per heavy atom. The first-order valence-corrected chi connectivity index (χ1v) is 10.8. The lowest BCUT2D eigenvalue weighted by Gasteiger charge is -2.33. The first kappa shape index (κ1) is 21.9. The number of ether oxygens (including phenoxy) is 2. The van der Waals surface area contributed by atoms with Gasteiger partial charge < -0.3 is 19.0 Å². The molecule has 1 atom stereocenters. The summed E-state index contributed by atoms with van der Waals surface area (Å²) in [5.74, 6) is 0.455. The van der Waals surface area contributed by atoms with Crippen molar-refractivity contribution in [3.8, 4) is 17.2 Å². The number of rotatable bonds is 5. The molecule has 7 heteroatoms. The smallest absolute Gasteiger partial charge is 0.337 e. The molecule has 0 radical (unpaired) electrons. The van der Waals surface area contributed by atoms with Crippen LogP contribution in [0.2, 0.25) is 0 Å². The lowest BCUT2D eigenvalue weighted by molar-refractivity contribution is 0.0600. The Morgan fingerprint density at radius 1 is 1.19 bits per heavy atom. The second kappa shape index (κ2) is 9.04. The molecule has 3 aromatic rings. The van der Waals surface area contributed by atoms with Gasteiger partial charge in [0.25, 0.3) is 0 Å². The Morgan fingerprint density at radius 3 is 2.62 bits per heavy atom. The van der Waals surface area contributed by atoms with Crippen molar-refractivity contribution in [2.75, 3.05) is 13.7 Å². The lowest BCUT2D eigenvalue weighted by Crippen LogP contribution is -2.36. The van der Waals surface area contributed by atoms with Crippen molar-refractivity contribution in [3.63, 3.8) is 0 Å². The van der Waals surface area contributed by atoms with E-state index >= 15 is 0 Å². The van der Waals surface area contributed by atoms with Gasteiger partial charge in [0.15, 0.2) is 0 Å². The van der Waals surface area contributed by atoms with Gasteiger partial charge in [-0.25, -0.2) is 4.79 Å². The predicted molar refractivity (Wildman–Crippen MR) is 120 cm³/mol. The summed E-state index contributed by atoms with van der Waals surface area (Å²) in [5, 5.41) is 10.9. The third-order valence-corrected chi connectivity index (χ3v) is 6.06. The van der Waals surface area contributed by atoms with E-state index in [1.54, 1.807) is 37.3 Å². The molecule has 2 aromatic carbocycles. The highest BCUT2D eigenvalue weighted by molar-refractivity contribution is 5.89. The van der Waals surface area contributed by atoms with E-state index in [-0.39, 0.29) is 16.9 Å². The highest BCUT2D eigenvalue weighted by Crippen LogP contribution is 2.33. The normalized spacial score (nSPS) is 16.8. The van der Waals surface area contributed by atoms with Crippen LogP contribution >= 0.6 is 0 Å². The molecule has 1 aliphatic rings. The fourth-order valence-corrected chi connectivity index (χ4v) is 4.16. The summed E-state index contributed by atoms with van der Waals surface area (Å²) in [6.07, 6.45) is 3.43. The minimum atomic E-state index is -0.451. The quantitative estimate of drug-likeness (QED) is 0.576. The predicted octanol–water partition coefficient (Wildman–Crippen LogP) is 4.76. The molecule has 32 heavy (non-hydrogen) atoms. The molecule has 0 saturated carbocycles. The summed E-state index contributed by atoms with van der Waals surface area (Å²) >= 11 is 0. The number of aryl methyl sites for hydroxylation is 1. The minimum absolute atomic E-state index is 0.0753. The van der Waals surface area contributed by atoms with Gasteiger partial charge in [0.1, 0.15) is 22.8 Å². The molecule has 1 aromatic heterocycles. The highest BCUT2D eigenvalue weighted by atomic mass is 16.5. The maximum absolute atomic E-state index is 13.2. The van der Waals surface area contributed by atoms with Crippen LogP contribution in [-0.2, 0) is 11.3 Å². The number of benzene rings is 2. The number of phenols is 1. The van der Waals surface area contributed by atoms with Gasteiger partial charge in [-0.1, -0.05) is 6.42 Å². The highest BCUT2D eigenvalue weighted by Gasteiger charge is 2.23. The van der Waals surface area contributed by atoms with Crippen molar-refractivity contribution in [1.82, 2.24) is 4.90 Å². The first-order valence-electron chi connectivity index (χ1n) is 10.8. The molecule has 7 nitrogen and oxygen atoms in total. The number of phenolic OH excluding ortho intramolecular Hbond substituents is 1. The Balaban J connectivity index is 1.70. The molecular weight excluding hydrogens is 410 g/mol. The molecule has 0 bridgehead atoms. The lowest BCUT2D eigenvalue weighted by atomic mass is 10.0. The maximum atomic E-state index is 13.2. The van der Waals surface area contributed by atoms with Crippen LogP contribution in [-0.4, -0.2) is 35.7 Å². The number of carbonyl (C=O) groups excluding carboxylic acids is 1. The number of carbonyl (C=O) groups is 1. The van der Waals surface area contributed by atoms with E-state index in [1.165, 1.54) is 19.6 Å². The zero-order valence-electron chi connectivity index (χ0n) is 18.5. The fourth-order valence-electron chi connectivity index (χ4n) is 4.16. The second-order valence-corrected chi connectivity index (χ2v) is 8.19. The Kier molecular flexibility index (Phi) is 6.19. The van der Waals surface area contributed by atoms with E-state index in [0.29, 0.717) is 46.2 Å². The van der Waals surface area contributed by atoms with Gasteiger partial charge in [-0.3, -0.25) is 9.69 Å². The third-order valence-electron chi connectivity index (χ3n) is 6.06. The largest absolute Gasteiger partial charge is 0.507 e. The van der Waals surface area contributed by atoms with Gasteiger partial charge >= 0.3 is 5.97 Å². The summed E-state index contributed by atoms with van der Waals surface area (Å²) in [7, 11) is 1.31. The molecule has 0 spiro atoms. The number of piperidine rings is 1. The zero-order valence-corrected chi connectivity index (χ0v) is 18.5. The van der Waals surface area contributed by atoms with Crippen LogP contribution < -0.4 is 10.2 Å². The van der Waals surface area contributed by atoms with Gasteiger partial charge in [0.2, 0.25) is 11.2 Å². The standard InChI is InChI=1S/C25H27NO6/c1-15-6-4-5-13-26(15)14-20-21(27)12-11-19-22(28)23(16(2)31-24(19)20)32-18-9-7-17(8-10-18)25(29)30-3/h7-12,15,27H,4-6,13-14H2,1-3H3. The average Bonchev–Trinajstić information content (AvgIpc) is 2.79. The molecule has 168 valence electrons. The third kappa shape index (κ3) is 4.21. The topological polar surface area (TPSA) is 89.2 Å². The summed E-state index contributed by atoms with van der Waals surface area (Å²) in [5.41, 5.74) is 1.08. The minimum Gasteiger partial charge on any atom is -0.507 e. The Bertz CT molecular complexity index is 1200.